The van der Waals surface area contributed by atoms with E-state index in [2.05, 4.69) is 10.3 Å². The predicted octanol–water partition coefficient (Wildman–Crippen LogP) is 2.00. The van der Waals surface area contributed by atoms with Crippen LogP contribution in [0.15, 0.2) is 22.9 Å². The number of benzene rings is 1. The number of rotatable bonds is 1. The third kappa shape index (κ3) is 1.46. The first-order valence-electron chi connectivity index (χ1n) is 5.62. The quantitative estimate of drug-likeness (QED) is 0.768. The molecule has 0 unspecified atom stereocenters. The summed E-state index contributed by atoms with van der Waals surface area (Å²) in [6.45, 7) is 2.03. The molecule has 84 valence electrons. The van der Waals surface area contributed by atoms with Crippen LogP contribution in [0.5, 0.6) is 5.75 Å². The number of piperidine rings is 1. The number of nitrogens with zero attached hydrogens (tertiary/aromatic N) is 1. The first-order valence-corrected chi connectivity index (χ1v) is 5.62. The van der Waals surface area contributed by atoms with Crippen LogP contribution in [0.25, 0.3) is 11.1 Å². The molecule has 16 heavy (non-hydrogen) atoms. The van der Waals surface area contributed by atoms with Gasteiger partial charge >= 0.3 is 0 Å². The second-order valence-electron chi connectivity index (χ2n) is 4.23. The Balaban J connectivity index is 2.05. The minimum absolute atomic E-state index is 0.290. The monoisotopic (exact) mass is 218 g/mol. The molecule has 0 aliphatic carbocycles. The van der Waals surface area contributed by atoms with Gasteiger partial charge in [-0.05, 0) is 43.5 Å². The molecule has 0 spiro atoms. The molecule has 0 atom stereocenters. The van der Waals surface area contributed by atoms with Crippen molar-refractivity contribution >= 4 is 11.1 Å². The van der Waals surface area contributed by atoms with Gasteiger partial charge in [-0.2, -0.15) is 0 Å². The van der Waals surface area contributed by atoms with Gasteiger partial charge in [-0.3, -0.25) is 0 Å². The lowest BCUT2D eigenvalue weighted by atomic mass is 9.89. The molecule has 0 amide bonds. The third-order valence-corrected chi connectivity index (χ3v) is 3.29. The maximum absolute atomic E-state index is 10.1. The fourth-order valence-electron chi connectivity index (χ4n) is 2.39. The molecule has 0 saturated carbocycles. The van der Waals surface area contributed by atoms with E-state index in [0.717, 1.165) is 31.5 Å². The summed E-state index contributed by atoms with van der Waals surface area (Å²) in [5, 5.41) is 13.5. The van der Waals surface area contributed by atoms with Gasteiger partial charge in [-0.1, -0.05) is 6.07 Å². The van der Waals surface area contributed by atoms with Crippen LogP contribution in [0.4, 0.5) is 0 Å². The van der Waals surface area contributed by atoms with E-state index in [4.69, 9.17) is 4.42 Å². The maximum Gasteiger partial charge on any atom is 0.182 e. The Morgan fingerprint density at radius 3 is 2.94 bits per heavy atom. The van der Waals surface area contributed by atoms with Crippen LogP contribution in [0.2, 0.25) is 0 Å². The van der Waals surface area contributed by atoms with Crippen LogP contribution in [0.1, 0.15) is 24.3 Å². The van der Waals surface area contributed by atoms with Gasteiger partial charge < -0.3 is 14.8 Å². The molecule has 1 saturated heterocycles. The van der Waals surface area contributed by atoms with Crippen molar-refractivity contribution in [3.05, 3.63) is 24.1 Å². The zero-order valence-electron chi connectivity index (χ0n) is 8.94. The lowest BCUT2D eigenvalue weighted by Crippen LogP contribution is -2.26. The van der Waals surface area contributed by atoms with E-state index < -0.39 is 0 Å². The standard InChI is InChI=1S/C12H14N2O2/c15-12-9(8-3-5-13-6-4-8)1-2-10-11(12)14-7-16-10/h1-2,7-8,13,15H,3-6H2. The molecule has 1 aromatic carbocycles. The summed E-state index contributed by atoms with van der Waals surface area (Å²) in [7, 11) is 0. The summed E-state index contributed by atoms with van der Waals surface area (Å²) in [5.74, 6) is 0.723. The summed E-state index contributed by atoms with van der Waals surface area (Å²) in [6, 6.07) is 3.85. The summed E-state index contributed by atoms with van der Waals surface area (Å²) in [4.78, 5) is 4.04. The zero-order chi connectivity index (χ0) is 11.0. The minimum atomic E-state index is 0.290. The Bertz CT molecular complexity index is 501. The fourth-order valence-corrected chi connectivity index (χ4v) is 2.39. The van der Waals surface area contributed by atoms with Gasteiger partial charge in [-0.25, -0.2) is 4.98 Å². The molecule has 4 nitrogen and oxygen atoms in total. The summed E-state index contributed by atoms with van der Waals surface area (Å²) >= 11 is 0. The van der Waals surface area contributed by atoms with Crippen molar-refractivity contribution in [2.45, 2.75) is 18.8 Å². The fraction of sp³-hybridized carbons (Fsp3) is 0.417. The van der Waals surface area contributed by atoms with E-state index >= 15 is 0 Å². The summed E-state index contributed by atoms with van der Waals surface area (Å²) in [6.07, 6.45) is 3.50. The smallest absolute Gasteiger partial charge is 0.182 e. The number of oxazole rings is 1. The normalized spacial score (nSPS) is 18.0. The molecule has 3 rings (SSSR count). The van der Waals surface area contributed by atoms with Crippen molar-refractivity contribution in [1.29, 1.82) is 0 Å². The SMILES string of the molecule is Oc1c(C2CCNCC2)ccc2ocnc12. The zero-order valence-corrected chi connectivity index (χ0v) is 8.94. The molecule has 2 N–H and O–H groups in total. The Hall–Kier alpha value is -1.55. The largest absolute Gasteiger partial charge is 0.505 e. The first-order chi connectivity index (χ1) is 7.86. The Morgan fingerprint density at radius 2 is 2.12 bits per heavy atom. The first kappa shape index (κ1) is 9.66. The van der Waals surface area contributed by atoms with E-state index in [1.54, 1.807) is 0 Å². The molecule has 0 bridgehead atoms. The van der Waals surface area contributed by atoms with E-state index in [-0.39, 0.29) is 5.75 Å². The van der Waals surface area contributed by atoms with E-state index in [1.807, 2.05) is 12.1 Å². The van der Waals surface area contributed by atoms with Gasteiger partial charge in [0.05, 0.1) is 0 Å². The number of phenols is 1. The van der Waals surface area contributed by atoms with Gasteiger partial charge in [0.2, 0.25) is 0 Å². The minimum Gasteiger partial charge on any atom is -0.505 e. The topological polar surface area (TPSA) is 58.3 Å². The van der Waals surface area contributed by atoms with Crippen molar-refractivity contribution in [2.24, 2.45) is 0 Å². The molecular formula is C12H14N2O2. The molecule has 1 aromatic heterocycles. The lowest BCUT2D eigenvalue weighted by molar-refractivity contribution is 0.427. The van der Waals surface area contributed by atoms with Crippen molar-refractivity contribution in [1.82, 2.24) is 10.3 Å². The van der Waals surface area contributed by atoms with Crippen molar-refractivity contribution < 1.29 is 9.52 Å². The highest BCUT2D eigenvalue weighted by molar-refractivity contribution is 5.80. The molecule has 1 aliphatic rings. The molecule has 2 heterocycles. The van der Waals surface area contributed by atoms with Crippen LogP contribution in [0.3, 0.4) is 0 Å². The highest BCUT2D eigenvalue weighted by atomic mass is 16.3. The van der Waals surface area contributed by atoms with Gasteiger partial charge in [-0.15, -0.1) is 0 Å². The summed E-state index contributed by atoms with van der Waals surface area (Å²) in [5.41, 5.74) is 2.23. The molecule has 4 heteroatoms. The van der Waals surface area contributed by atoms with Crippen molar-refractivity contribution in [3.63, 3.8) is 0 Å². The van der Waals surface area contributed by atoms with Crippen LogP contribution in [-0.4, -0.2) is 23.2 Å². The second-order valence-corrected chi connectivity index (χ2v) is 4.23. The molecule has 0 radical (unpaired) electrons. The van der Waals surface area contributed by atoms with Crippen LogP contribution in [-0.2, 0) is 0 Å². The van der Waals surface area contributed by atoms with E-state index in [9.17, 15) is 5.11 Å². The highest BCUT2D eigenvalue weighted by Gasteiger charge is 2.20. The Labute approximate surface area is 93.3 Å². The highest BCUT2D eigenvalue weighted by Crippen LogP contribution is 2.36. The predicted molar refractivity (Wildman–Crippen MR) is 60.5 cm³/mol. The van der Waals surface area contributed by atoms with Crippen LogP contribution < -0.4 is 5.32 Å². The average Bonchev–Trinajstić information content (AvgIpc) is 2.80. The van der Waals surface area contributed by atoms with Gasteiger partial charge in [0.15, 0.2) is 17.5 Å². The maximum atomic E-state index is 10.1. The number of nitrogens with one attached hydrogen (secondary N) is 1. The number of hydrogen-bond acceptors (Lipinski definition) is 4. The third-order valence-electron chi connectivity index (χ3n) is 3.29. The lowest BCUT2D eigenvalue weighted by Gasteiger charge is -2.23. The number of fused-ring (bicyclic) bond motifs is 1. The molecule has 1 fully saturated rings. The molecular weight excluding hydrogens is 204 g/mol. The Kier molecular flexibility index (Phi) is 2.29. The van der Waals surface area contributed by atoms with Crippen LogP contribution in [0, 0.1) is 0 Å². The van der Waals surface area contributed by atoms with Gasteiger partial charge in [0.25, 0.3) is 0 Å². The van der Waals surface area contributed by atoms with Gasteiger partial charge in [0.1, 0.15) is 5.75 Å². The van der Waals surface area contributed by atoms with Gasteiger partial charge in [0, 0.05) is 0 Å². The summed E-state index contributed by atoms with van der Waals surface area (Å²) < 4.78 is 5.16. The molecule has 1 aliphatic heterocycles. The van der Waals surface area contributed by atoms with Crippen LogP contribution >= 0.6 is 0 Å². The van der Waals surface area contributed by atoms with E-state index in [0.29, 0.717) is 17.0 Å². The number of hydrogen-bond donors (Lipinski definition) is 2. The van der Waals surface area contributed by atoms with E-state index in [1.165, 1.54) is 6.39 Å². The molecule has 2 aromatic rings. The van der Waals surface area contributed by atoms with Crippen molar-refractivity contribution in [2.75, 3.05) is 13.1 Å². The second kappa shape index (κ2) is 3.79. The Morgan fingerprint density at radius 1 is 1.31 bits per heavy atom. The number of aromatic hydroxyl groups is 1. The number of aromatic nitrogens is 1. The average molecular weight is 218 g/mol. The van der Waals surface area contributed by atoms with Crippen molar-refractivity contribution in [3.8, 4) is 5.75 Å². The number of phenolic OH excluding ortho intramolecular Hbond substituents is 1.